The van der Waals surface area contributed by atoms with E-state index in [4.69, 9.17) is 0 Å². The quantitative estimate of drug-likeness (QED) is 0.671. The lowest BCUT2D eigenvalue weighted by Crippen LogP contribution is -2.22. The Morgan fingerprint density at radius 3 is 2.75 bits per heavy atom. The van der Waals surface area contributed by atoms with E-state index in [2.05, 4.69) is 10.3 Å². The smallest absolute Gasteiger partial charge is 0.176 e. The number of likely N-dealkylation sites (N-methyl/N-ethyl adjacent to an activating group) is 1. The first-order valence-electron chi connectivity index (χ1n) is 3.98. The summed E-state index contributed by atoms with van der Waals surface area (Å²) in [5, 5.41) is 2.98. The van der Waals surface area contributed by atoms with Crippen LogP contribution >= 0.6 is 0 Å². The highest BCUT2D eigenvalue weighted by atomic mass is 16.1. The van der Waals surface area contributed by atoms with Crippen molar-refractivity contribution in [1.29, 1.82) is 0 Å². The van der Waals surface area contributed by atoms with Crippen molar-refractivity contribution in [1.82, 2.24) is 10.3 Å². The molecule has 0 saturated heterocycles. The summed E-state index contributed by atoms with van der Waals surface area (Å²) in [6, 6.07) is 3.44. The van der Waals surface area contributed by atoms with Crippen LogP contribution in [0.15, 0.2) is 24.5 Å². The van der Waals surface area contributed by atoms with Crippen LogP contribution in [0.25, 0.3) is 0 Å². The topological polar surface area (TPSA) is 42.0 Å². The van der Waals surface area contributed by atoms with Crippen LogP contribution in [0.5, 0.6) is 0 Å². The molecule has 1 N–H and O–H groups in total. The summed E-state index contributed by atoms with van der Waals surface area (Å²) in [6.07, 6.45) is 3.25. The summed E-state index contributed by atoms with van der Waals surface area (Å²) in [6.45, 7) is 3.19. The Kier molecular flexibility index (Phi) is 3.41. The van der Waals surface area contributed by atoms with E-state index >= 15 is 0 Å². The zero-order valence-electron chi connectivity index (χ0n) is 7.08. The number of ketones is 1. The molecule has 12 heavy (non-hydrogen) atoms. The van der Waals surface area contributed by atoms with Crippen molar-refractivity contribution in [3.8, 4) is 0 Å². The van der Waals surface area contributed by atoms with Crippen molar-refractivity contribution in [2.45, 2.75) is 6.92 Å². The Labute approximate surface area is 71.8 Å². The van der Waals surface area contributed by atoms with Gasteiger partial charge in [-0.1, -0.05) is 6.92 Å². The Bertz CT molecular complexity index is 246. The Hall–Kier alpha value is -1.22. The third-order valence-corrected chi connectivity index (χ3v) is 1.54. The summed E-state index contributed by atoms with van der Waals surface area (Å²) in [4.78, 5) is 15.1. The fraction of sp³-hybridized carbons (Fsp3) is 0.333. The van der Waals surface area contributed by atoms with E-state index in [0.717, 1.165) is 6.54 Å². The second kappa shape index (κ2) is 4.62. The Balaban J connectivity index is 2.54. The van der Waals surface area contributed by atoms with Crippen molar-refractivity contribution < 1.29 is 4.79 Å². The average Bonchev–Trinajstić information content (AvgIpc) is 2.15. The molecular weight excluding hydrogens is 152 g/mol. The molecule has 1 heterocycles. The van der Waals surface area contributed by atoms with Crippen molar-refractivity contribution >= 4 is 5.78 Å². The molecule has 0 unspecified atom stereocenters. The number of carbonyl (C=O) groups is 1. The first kappa shape index (κ1) is 8.87. The van der Waals surface area contributed by atoms with Crippen LogP contribution in [0.2, 0.25) is 0 Å². The second-order valence-corrected chi connectivity index (χ2v) is 2.44. The Morgan fingerprint density at radius 2 is 2.17 bits per heavy atom. The molecule has 0 fully saturated rings. The molecule has 0 bridgehead atoms. The number of nitrogens with one attached hydrogen (secondary N) is 1. The second-order valence-electron chi connectivity index (χ2n) is 2.44. The molecule has 0 aromatic carbocycles. The molecule has 1 aromatic rings. The minimum atomic E-state index is 0.110. The molecule has 0 saturated carbocycles. The third-order valence-electron chi connectivity index (χ3n) is 1.54. The van der Waals surface area contributed by atoms with Crippen LogP contribution < -0.4 is 5.32 Å². The number of rotatable bonds is 4. The number of Topliss-reactive ketones (excluding diaryl/α,β-unsaturated/α-hetero) is 1. The number of hydrogen-bond donors (Lipinski definition) is 1. The lowest BCUT2D eigenvalue weighted by Gasteiger charge is -1.99. The van der Waals surface area contributed by atoms with Crippen LogP contribution in [0, 0.1) is 0 Å². The largest absolute Gasteiger partial charge is 0.310 e. The van der Waals surface area contributed by atoms with Crippen LogP contribution in [0.1, 0.15) is 17.3 Å². The third kappa shape index (κ3) is 2.43. The zero-order chi connectivity index (χ0) is 8.81. The first-order valence-corrected chi connectivity index (χ1v) is 3.98. The summed E-state index contributed by atoms with van der Waals surface area (Å²) < 4.78 is 0. The molecule has 0 aliphatic heterocycles. The van der Waals surface area contributed by atoms with E-state index in [1.54, 1.807) is 24.5 Å². The molecule has 3 heteroatoms. The van der Waals surface area contributed by atoms with Gasteiger partial charge >= 0.3 is 0 Å². The summed E-state index contributed by atoms with van der Waals surface area (Å²) in [5.41, 5.74) is 0.714. The molecule has 0 radical (unpaired) electrons. The van der Waals surface area contributed by atoms with E-state index in [1.807, 2.05) is 6.92 Å². The van der Waals surface area contributed by atoms with Gasteiger partial charge in [0.15, 0.2) is 5.78 Å². The normalized spacial score (nSPS) is 9.75. The van der Waals surface area contributed by atoms with Crippen molar-refractivity contribution in [2.24, 2.45) is 0 Å². The van der Waals surface area contributed by atoms with Crippen molar-refractivity contribution in [3.05, 3.63) is 30.1 Å². The number of aromatic nitrogens is 1. The van der Waals surface area contributed by atoms with Crippen molar-refractivity contribution in [3.63, 3.8) is 0 Å². The standard InChI is InChI=1S/C9H12N2O/c1-2-10-7-9(12)8-3-5-11-6-4-8/h3-6,10H,2,7H2,1H3. The van der Waals surface area contributed by atoms with Crippen LogP contribution in [-0.4, -0.2) is 23.9 Å². The monoisotopic (exact) mass is 164 g/mol. The predicted molar refractivity (Wildman–Crippen MR) is 47.1 cm³/mol. The number of nitrogens with zero attached hydrogens (tertiary/aromatic N) is 1. The van der Waals surface area contributed by atoms with Gasteiger partial charge in [0.05, 0.1) is 6.54 Å². The van der Waals surface area contributed by atoms with E-state index in [0.29, 0.717) is 12.1 Å². The maximum absolute atomic E-state index is 11.3. The fourth-order valence-electron chi connectivity index (χ4n) is 0.878. The van der Waals surface area contributed by atoms with E-state index < -0.39 is 0 Å². The van der Waals surface area contributed by atoms with Gasteiger partial charge in [-0.25, -0.2) is 0 Å². The molecule has 1 rings (SSSR count). The fourth-order valence-corrected chi connectivity index (χ4v) is 0.878. The van der Waals surface area contributed by atoms with E-state index in [9.17, 15) is 4.79 Å². The molecule has 0 aliphatic carbocycles. The molecule has 3 nitrogen and oxygen atoms in total. The minimum absolute atomic E-state index is 0.110. The van der Waals surface area contributed by atoms with Gasteiger partial charge in [0.1, 0.15) is 0 Å². The van der Waals surface area contributed by atoms with Crippen LogP contribution in [0.4, 0.5) is 0 Å². The minimum Gasteiger partial charge on any atom is -0.310 e. The molecule has 0 spiro atoms. The lowest BCUT2D eigenvalue weighted by atomic mass is 10.2. The number of hydrogen-bond acceptors (Lipinski definition) is 3. The Morgan fingerprint density at radius 1 is 1.50 bits per heavy atom. The van der Waals surface area contributed by atoms with Gasteiger partial charge in [0.25, 0.3) is 0 Å². The van der Waals surface area contributed by atoms with Crippen molar-refractivity contribution in [2.75, 3.05) is 13.1 Å². The predicted octanol–water partition coefficient (Wildman–Crippen LogP) is 0.874. The van der Waals surface area contributed by atoms with E-state index in [-0.39, 0.29) is 5.78 Å². The van der Waals surface area contributed by atoms with Gasteiger partial charge < -0.3 is 5.32 Å². The van der Waals surface area contributed by atoms with Gasteiger partial charge in [0.2, 0.25) is 0 Å². The van der Waals surface area contributed by atoms with Gasteiger partial charge in [-0.2, -0.15) is 0 Å². The summed E-state index contributed by atoms with van der Waals surface area (Å²) in [5.74, 6) is 0.110. The lowest BCUT2D eigenvalue weighted by molar-refractivity contribution is 0.0991. The molecular formula is C9H12N2O. The van der Waals surface area contributed by atoms with Gasteiger partial charge in [-0.15, -0.1) is 0 Å². The number of pyridine rings is 1. The highest BCUT2D eigenvalue weighted by Crippen LogP contribution is 1.96. The highest BCUT2D eigenvalue weighted by molar-refractivity contribution is 5.97. The van der Waals surface area contributed by atoms with Gasteiger partial charge in [-0.3, -0.25) is 9.78 Å². The summed E-state index contributed by atoms with van der Waals surface area (Å²) in [7, 11) is 0. The van der Waals surface area contributed by atoms with E-state index in [1.165, 1.54) is 0 Å². The maximum Gasteiger partial charge on any atom is 0.176 e. The van der Waals surface area contributed by atoms with Crippen LogP contribution in [0.3, 0.4) is 0 Å². The molecule has 64 valence electrons. The molecule has 0 aliphatic rings. The van der Waals surface area contributed by atoms with Crippen LogP contribution in [-0.2, 0) is 0 Å². The molecule has 0 amide bonds. The molecule has 1 aromatic heterocycles. The van der Waals surface area contributed by atoms with Gasteiger partial charge in [-0.05, 0) is 18.7 Å². The first-order chi connectivity index (χ1) is 5.84. The highest BCUT2D eigenvalue weighted by Gasteiger charge is 2.02. The average molecular weight is 164 g/mol. The summed E-state index contributed by atoms with van der Waals surface area (Å²) >= 11 is 0. The maximum atomic E-state index is 11.3. The molecule has 0 atom stereocenters. The van der Waals surface area contributed by atoms with Gasteiger partial charge in [0, 0.05) is 18.0 Å². The zero-order valence-corrected chi connectivity index (χ0v) is 7.08. The number of carbonyl (C=O) groups excluding carboxylic acids is 1. The SMILES string of the molecule is CCNCC(=O)c1ccncc1.